The number of pyridine rings is 1. The van der Waals surface area contributed by atoms with Crippen LogP contribution in [0.1, 0.15) is 45.6 Å². The molecule has 8 heteroatoms. The Morgan fingerprint density at radius 2 is 1.91 bits per heavy atom. The molecule has 3 heterocycles. The fourth-order valence-corrected chi connectivity index (χ4v) is 4.25. The molecule has 2 aromatic heterocycles. The Morgan fingerprint density at radius 3 is 2.53 bits per heavy atom. The Hall–Kier alpha value is -3.37. The third-order valence-corrected chi connectivity index (χ3v) is 6.16. The lowest BCUT2D eigenvalue weighted by Crippen LogP contribution is -2.45. The predicted octanol–water partition coefficient (Wildman–Crippen LogP) is 3.87. The van der Waals surface area contributed by atoms with Crippen LogP contribution >= 0.6 is 11.6 Å². The van der Waals surface area contributed by atoms with E-state index >= 15 is 0 Å². The van der Waals surface area contributed by atoms with Crippen LogP contribution in [-0.4, -0.2) is 39.8 Å². The summed E-state index contributed by atoms with van der Waals surface area (Å²) >= 11 is 6.55. The van der Waals surface area contributed by atoms with E-state index in [4.69, 9.17) is 16.9 Å². The Morgan fingerprint density at radius 1 is 1.19 bits per heavy atom. The molecule has 1 saturated heterocycles. The third kappa shape index (κ3) is 4.76. The number of aryl methyl sites for hydroxylation is 2. The summed E-state index contributed by atoms with van der Waals surface area (Å²) in [7, 11) is 0. The highest BCUT2D eigenvalue weighted by atomic mass is 35.5. The van der Waals surface area contributed by atoms with E-state index in [1.807, 2.05) is 44.2 Å². The average Bonchev–Trinajstić information content (AvgIpc) is 3.08. The van der Waals surface area contributed by atoms with Gasteiger partial charge in [0.15, 0.2) is 0 Å². The molecule has 1 aromatic carbocycles. The van der Waals surface area contributed by atoms with Crippen molar-refractivity contribution in [2.75, 3.05) is 18.0 Å². The van der Waals surface area contributed by atoms with Crippen LogP contribution in [0, 0.1) is 25.2 Å². The normalized spacial score (nSPS) is 14.2. The third-order valence-electron chi connectivity index (χ3n) is 5.78. The number of nitrogens with one attached hydrogen (secondary N) is 1. The van der Waals surface area contributed by atoms with Crippen molar-refractivity contribution in [2.24, 2.45) is 0 Å². The fourth-order valence-electron chi connectivity index (χ4n) is 3.93. The van der Waals surface area contributed by atoms with E-state index in [2.05, 4.69) is 26.4 Å². The lowest BCUT2D eigenvalue weighted by atomic mass is 10.0. The van der Waals surface area contributed by atoms with Crippen LogP contribution in [0.25, 0.3) is 0 Å². The summed E-state index contributed by atoms with van der Waals surface area (Å²) in [6.07, 6.45) is 3.20. The van der Waals surface area contributed by atoms with Gasteiger partial charge in [0.05, 0.1) is 23.4 Å². The van der Waals surface area contributed by atoms with Gasteiger partial charge < -0.3 is 10.2 Å². The quantitative estimate of drug-likeness (QED) is 0.640. The summed E-state index contributed by atoms with van der Waals surface area (Å²) in [5, 5.41) is 16.9. The molecule has 1 aliphatic rings. The number of hydrogen-bond donors (Lipinski definition) is 1. The second-order valence-corrected chi connectivity index (χ2v) is 8.50. The first-order valence-corrected chi connectivity index (χ1v) is 11.0. The van der Waals surface area contributed by atoms with Gasteiger partial charge in [-0.25, -0.2) is 9.67 Å². The zero-order chi connectivity index (χ0) is 22.7. The minimum absolute atomic E-state index is 0.0630. The summed E-state index contributed by atoms with van der Waals surface area (Å²) in [4.78, 5) is 19.5. The van der Waals surface area contributed by atoms with Gasteiger partial charge in [0, 0.05) is 25.3 Å². The molecule has 32 heavy (non-hydrogen) atoms. The molecule has 1 aliphatic heterocycles. The van der Waals surface area contributed by atoms with E-state index in [0.29, 0.717) is 28.5 Å². The van der Waals surface area contributed by atoms with Gasteiger partial charge in [-0.2, -0.15) is 10.4 Å². The molecule has 0 aliphatic carbocycles. The topological polar surface area (TPSA) is 86.8 Å². The van der Waals surface area contributed by atoms with Crippen LogP contribution in [-0.2, 0) is 6.54 Å². The number of carbonyl (C=O) groups is 1. The molecule has 0 unspecified atom stereocenters. The monoisotopic (exact) mass is 448 g/mol. The number of anilines is 1. The summed E-state index contributed by atoms with van der Waals surface area (Å²) in [5.41, 5.74) is 3.88. The van der Waals surface area contributed by atoms with Gasteiger partial charge >= 0.3 is 0 Å². The lowest BCUT2D eigenvalue weighted by Gasteiger charge is -2.33. The first-order chi connectivity index (χ1) is 15.4. The van der Waals surface area contributed by atoms with Gasteiger partial charge in [-0.15, -0.1) is 0 Å². The zero-order valence-corrected chi connectivity index (χ0v) is 18.9. The van der Waals surface area contributed by atoms with E-state index in [1.165, 1.54) is 5.56 Å². The maximum atomic E-state index is 13.0. The predicted molar refractivity (Wildman–Crippen MR) is 124 cm³/mol. The van der Waals surface area contributed by atoms with E-state index in [1.54, 1.807) is 16.9 Å². The number of nitrogens with zero attached hydrogens (tertiary/aromatic N) is 5. The Bertz CT molecular complexity index is 1140. The molecule has 0 radical (unpaired) electrons. The van der Waals surface area contributed by atoms with Crippen molar-refractivity contribution in [1.82, 2.24) is 20.1 Å². The van der Waals surface area contributed by atoms with E-state index in [-0.39, 0.29) is 11.9 Å². The van der Waals surface area contributed by atoms with Crippen LogP contribution in [0.4, 0.5) is 5.82 Å². The number of halogens is 1. The zero-order valence-electron chi connectivity index (χ0n) is 18.2. The number of piperidine rings is 1. The maximum Gasteiger partial charge on any atom is 0.256 e. The number of hydrogen-bond acceptors (Lipinski definition) is 5. The SMILES string of the molecule is Cc1ccc(Cn2nc(C)c(C(=O)NC3CCN(c4ccc(C#N)cn4)CC3)c2Cl)cc1. The number of aromatic nitrogens is 3. The van der Waals surface area contributed by atoms with Crippen molar-refractivity contribution < 1.29 is 4.79 Å². The van der Waals surface area contributed by atoms with Crippen LogP contribution in [0.2, 0.25) is 5.15 Å². The molecule has 164 valence electrons. The number of nitriles is 1. The molecular weight excluding hydrogens is 424 g/mol. The van der Waals surface area contributed by atoms with Gasteiger partial charge in [0.1, 0.15) is 17.0 Å². The molecular formula is C24H25ClN6O. The smallest absolute Gasteiger partial charge is 0.256 e. The Kier molecular flexibility index (Phi) is 6.42. The van der Waals surface area contributed by atoms with Gasteiger partial charge in [-0.05, 0) is 44.4 Å². The minimum atomic E-state index is -0.183. The second kappa shape index (κ2) is 9.41. The molecule has 1 amide bonds. The van der Waals surface area contributed by atoms with Crippen molar-refractivity contribution in [3.8, 4) is 6.07 Å². The highest BCUT2D eigenvalue weighted by Crippen LogP contribution is 2.23. The van der Waals surface area contributed by atoms with Crippen molar-refractivity contribution in [3.05, 3.63) is 75.7 Å². The van der Waals surface area contributed by atoms with Gasteiger partial charge in [0.2, 0.25) is 0 Å². The Labute approximate surface area is 192 Å². The van der Waals surface area contributed by atoms with Crippen molar-refractivity contribution in [2.45, 2.75) is 39.3 Å². The summed E-state index contributed by atoms with van der Waals surface area (Å²) < 4.78 is 1.68. The molecule has 3 aromatic rings. The molecule has 0 spiro atoms. The first kappa shape index (κ1) is 21.8. The van der Waals surface area contributed by atoms with E-state index in [9.17, 15) is 4.79 Å². The molecule has 1 N–H and O–H groups in total. The van der Waals surface area contributed by atoms with Crippen molar-refractivity contribution >= 4 is 23.3 Å². The van der Waals surface area contributed by atoms with E-state index < -0.39 is 0 Å². The summed E-state index contributed by atoms with van der Waals surface area (Å²) in [6, 6.07) is 14.0. The maximum absolute atomic E-state index is 13.0. The van der Waals surface area contributed by atoms with Crippen LogP contribution in [0.15, 0.2) is 42.6 Å². The number of carbonyl (C=O) groups excluding carboxylic acids is 1. The number of amides is 1. The fraction of sp³-hybridized carbons (Fsp3) is 0.333. The summed E-state index contributed by atoms with van der Waals surface area (Å²) in [6.45, 7) is 5.93. The van der Waals surface area contributed by atoms with Crippen molar-refractivity contribution in [1.29, 1.82) is 5.26 Å². The Balaban J connectivity index is 1.37. The van der Waals surface area contributed by atoms with Crippen molar-refractivity contribution in [3.63, 3.8) is 0 Å². The highest BCUT2D eigenvalue weighted by molar-refractivity contribution is 6.33. The van der Waals surface area contributed by atoms with Gasteiger partial charge in [0.25, 0.3) is 5.91 Å². The molecule has 0 bridgehead atoms. The molecule has 0 atom stereocenters. The molecule has 7 nitrogen and oxygen atoms in total. The summed E-state index contributed by atoms with van der Waals surface area (Å²) in [5.74, 6) is 0.669. The molecule has 1 fully saturated rings. The first-order valence-electron chi connectivity index (χ1n) is 10.6. The van der Waals surface area contributed by atoms with Crippen LogP contribution in [0.5, 0.6) is 0 Å². The second-order valence-electron chi connectivity index (χ2n) is 8.15. The highest BCUT2D eigenvalue weighted by Gasteiger charge is 2.26. The molecule has 4 rings (SSSR count). The standard InChI is InChI=1S/C24H25ClN6O/c1-16-3-5-18(6-4-16)15-31-23(25)22(17(2)29-31)24(32)28-20-9-11-30(12-10-20)21-8-7-19(13-26)14-27-21/h3-8,14,20H,9-12,15H2,1-2H3,(H,28,32). The minimum Gasteiger partial charge on any atom is -0.356 e. The van der Waals surface area contributed by atoms with Gasteiger partial charge in [-0.3, -0.25) is 4.79 Å². The average molecular weight is 449 g/mol. The number of rotatable bonds is 5. The van der Waals surface area contributed by atoms with Crippen LogP contribution in [0.3, 0.4) is 0 Å². The van der Waals surface area contributed by atoms with Crippen LogP contribution < -0.4 is 10.2 Å². The number of benzene rings is 1. The van der Waals surface area contributed by atoms with Gasteiger partial charge in [-0.1, -0.05) is 41.4 Å². The lowest BCUT2D eigenvalue weighted by molar-refractivity contribution is 0.0930. The van der Waals surface area contributed by atoms with E-state index in [0.717, 1.165) is 37.3 Å². The molecule has 0 saturated carbocycles. The largest absolute Gasteiger partial charge is 0.356 e.